The summed E-state index contributed by atoms with van der Waals surface area (Å²) in [6, 6.07) is 5.44. The molecule has 0 saturated carbocycles. The van der Waals surface area contributed by atoms with Gasteiger partial charge in [0.25, 0.3) is 0 Å². The van der Waals surface area contributed by atoms with E-state index in [-0.39, 0.29) is 0 Å². The minimum atomic E-state index is 0.685. The van der Waals surface area contributed by atoms with Gasteiger partial charge in [0.05, 0.1) is 5.02 Å². The van der Waals surface area contributed by atoms with Crippen molar-refractivity contribution in [1.82, 2.24) is 9.59 Å². The lowest BCUT2D eigenvalue weighted by Crippen LogP contribution is -1.97. The van der Waals surface area contributed by atoms with Gasteiger partial charge >= 0.3 is 0 Å². The molecule has 0 fully saturated rings. The van der Waals surface area contributed by atoms with E-state index >= 15 is 0 Å². The van der Waals surface area contributed by atoms with Crippen molar-refractivity contribution in [2.24, 2.45) is 0 Å². The van der Waals surface area contributed by atoms with Gasteiger partial charge in [-0.1, -0.05) is 27.7 Å². The largest absolute Gasteiger partial charge is 0.374 e. The first kappa shape index (κ1) is 13.9. The molecule has 2 rings (SSSR count). The fraction of sp³-hybridized carbons (Fsp3) is 0.273. The number of halogens is 2. The van der Waals surface area contributed by atoms with Crippen molar-refractivity contribution in [3.8, 4) is 0 Å². The maximum atomic E-state index is 6.11. The highest BCUT2D eigenvalue weighted by Crippen LogP contribution is 2.33. The summed E-state index contributed by atoms with van der Waals surface area (Å²) in [4.78, 5) is 0.958. The number of nitrogens with zero attached hydrogens (tertiary/aromatic N) is 2. The summed E-state index contributed by atoms with van der Waals surface area (Å²) in [5.74, 6) is 0.721. The first-order valence-electron chi connectivity index (χ1n) is 5.33. The fourth-order valence-corrected chi connectivity index (χ4v) is 3.50. The molecule has 1 aromatic heterocycles. The Morgan fingerprint density at radius 3 is 3.00 bits per heavy atom. The first-order valence-corrected chi connectivity index (χ1v) is 7.85. The molecular formula is C11H11Cl2N3S2. The van der Waals surface area contributed by atoms with Crippen LogP contribution in [0.4, 0.5) is 5.00 Å². The molecule has 18 heavy (non-hydrogen) atoms. The van der Waals surface area contributed by atoms with Crippen LogP contribution in [0.15, 0.2) is 23.1 Å². The van der Waals surface area contributed by atoms with E-state index in [0.717, 1.165) is 27.9 Å². The van der Waals surface area contributed by atoms with Crippen LogP contribution in [-0.2, 0) is 5.75 Å². The monoisotopic (exact) mass is 319 g/mol. The van der Waals surface area contributed by atoms with Crippen molar-refractivity contribution in [2.45, 2.75) is 17.6 Å². The SMILES string of the molecule is CCNc1snnc1CSc1cc(Cl)ccc1Cl. The number of anilines is 1. The zero-order valence-electron chi connectivity index (χ0n) is 9.61. The molecule has 1 N–H and O–H groups in total. The van der Waals surface area contributed by atoms with E-state index in [0.29, 0.717) is 10.0 Å². The smallest absolute Gasteiger partial charge is 0.134 e. The van der Waals surface area contributed by atoms with Crippen LogP contribution in [0.1, 0.15) is 12.6 Å². The van der Waals surface area contributed by atoms with Gasteiger partial charge in [0.1, 0.15) is 10.7 Å². The van der Waals surface area contributed by atoms with E-state index < -0.39 is 0 Å². The molecule has 0 amide bonds. The molecule has 0 saturated heterocycles. The van der Waals surface area contributed by atoms with Crippen molar-refractivity contribution in [3.05, 3.63) is 33.9 Å². The van der Waals surface area contributed by atoms with Crippen molar-refractivity contribution in [1.29, 1.82) is 0 Å². The molecule has 0 radical (unpaired) electrons. The predicted molar refractivity (Wildman–Crippen MR) is 80.1 cm³/mol. The van der Waals surface area contributed by atoms with E-state index in [1.165, 1.54) is 11.5 Å². The van der Waals surface area contributed by atoms with Gasteiger partial charge in [-0.3, -0.25) is 0 Å². The molecule has 0 aliphatic carbocycles. The van der Waals surface area contributed by atoms with Crippen LogP contribution in [-0.4, -0.2) is 16.1 Å². The van der Waals surface area contributed by atoms with E-state index in [9.17, 15) is 0 Å². The second kappa shape index (κ2) is 6.61. The summed E-state index contributed by atoms with van der Waals surface area (Å²) >= 11 is 15.0. The van der Waals surface area contributed by atoms with Gasteiger partial charge in [0, 0.05) is 33.7 Å². The van der Waals surface area contributed by atoms with Gasteiger partial charge in [-0.15, -0.1) is 16.9 Å². The van der Waals surface area contributed by atoms with Crippen molar-refractivity contribution in [3.63, 3.8) is 0 Å². The number of rotatable bonds is 5. The normalized spacial score (nSPS) is 10.6. The highest BCUT2D eigenvalue weighted by atomic mass is 35.5. The Bertz CT molecular complexity index is 531. The molecular weight excluding hydrogens is 309 g/mol. The van der Waals surface area contributed by atoms with Crippen LogP contribution in [0.5, 0.6) is 0 Å². The predicted octanol–water partition coefficient (Wildman–Crippen LogP) is 4.57. The van der Waals surface area contributed by atoms with Crippen molar-refractivity contribution in [2.75, 3.05) is 11.9 Å². The van der Waals surface area contributed by atoms with Crippen LogP contribution in [0, 0.1) is 0 Å². The zero-order chi connectivity index (χ0) is 13.0. The maximum Gasteiger partial charge on any atom is 0.134 e. The minimum Gasteiger partial charge on any atom is -0.374 e. The Labute approximate surface area is 124 Å². The van der Waals surface area contributed by atoms with Gasteiger partial charge < -0.3 is 5.32 Å². The van der Waals surface area contributed by atoms with E-state index in [4.69, 9.17) is 23.2 Å². The number of benzene rings is 1. The van der Waals surface area contributed by atoms with E-state index in [1.807, 2.05) is 13.0 Å². The van der Waals surface area contributed by atoms with Crippen LogP contribution in [0.25, 0.3) is 0 Å². The Balaban J connectivity index is 2.06. The summed E-state index contributed by atoms with van der Waals surface area (Å²) in [5.41, 5.74) is 0.947. The van der Waals surface area contributed by atoms with Gasteiger partial charge in [-0.05, 0) is 25.1 Å². The lowest BCUT2D eigenvalue weighted by atomic mass is 10.4. The lowest BCUT2D eigenvalue weighted by Gasteiger charge is -2.05. The topological polar surface area (TPSA) is 37.8 Å². The number of hydrogen-bond donors (Lipinski definition) is 1. The molecule has 0 aliphatic rings. The molecule has 0 atom stereocenters. The molecule has 1 aromatic carbocycles. The van der Waals surface area contributed by atoms with Gasteiger partial charge in [0.2, 0.25) is 0 Å². The van der Waals surface area contributed by atoms with E-state index in [2.05, 4.69) is 14.9 Å². The molecule has 3 nitrogen and oxygen atoms in total. The average molecular weight is 320 g/mol. The van der Waals surface area contributed by atoms with Gasteiger partial charge in [-0.25, -0.2) is 0 Å². The first-order chi connectivity index (χ1) is 8.70. The summed E-state index contributed by atoms with van der Waals surface area (Å²) in [5, 5.41) is 9.76. The zero-order valence-corrected chi connectivity index (χ0v) is 12.8. The van der Waals surface area contributed by atoms with Gasteiger partial charge in [-0.2, -0.15) is 0 Å². The van der Waals surface area contributed by atoms with Crippen LogP contribution in [0.2, 0.25) is 10.0 Å². The Morgan fingerprint density at radius 2 is 2.22 bits per heavy atom. The number of nitrogens with one attached hydrogen (secondary N) is 1. The summed E-state index contributed by atoms with van der Waals surface area (Å²) in [7, 11) is 0. The molecule has 0 spiro atoms. The molecule has 7 heteroatoms. The van der Waals surface area contributed by atoms with E-state index in [1.54, 1.807) is 23.9 Å². The summed E-state index contributed by atoms with van der Waals surface area (Å²) in [6.45, 7) is 2.91. The number of hydrogen-bond acceptors (Lipinski definition) is 5. The van der Waals surface area contributed by atoms with Crippen LogP contribution < -0.4 is 5.32 Å². The number of aromatic nitrogens is 2. The molecule has 0 bridgehead atoms. The van der Waals surface area contributed by atoms with Crippen LogP contribution in [0.3, 0.4) is 0 Å². The van der Waals surface area contributed by atoms with Crippen molar-refractivity contribution >= 4 is 51.5 Å². The maximum absolute atomic E-state index is 6.11. The second-order valence-electron chi connectivity index (χ2n) is 3.44. The average Bonchev–Trinajstić information content (AvgIpc) is 2.78. The standard InChI is InChI=1S/C11H11Cl2N3S2/c1-2-14-11-9(15-16-18-11)6-17-10-5-7(12)3-4-8(10)13/h3-5,14H,2,6H2,1H3. The molecule has 2 aromatic rings. The summed E-state index contributed by atoms with van der Waals surface area (Å²) in [6.07, 6.45) is 0. The third-order valence-corrected chi connectivity index (χ3v) is 4.62. The Morgan fingerprint density at radius 1 is 1.39 bits per heavy atom. The Hall–Kier alpha value is -0.490. The lowest BCUT2D eigenvalue weighted by molar-refractivity contribution is 1.07. The third kappa shape index (κ3) is 3.51. The highest BCUT2D eigenvalue weighted by Gasteiger charge is 2.09. The quantitative estimate of drug-likeness (QED) is 0.819. The fourth-order valence-electron chi connectivity index (χ4n) is 1.33. The second-order valence-corrected chi connectivity index (χ2v) is 6.06. The van der Waals surface area contributed by atoms with Crippen LogP contribution >= 0.6 is 46.5 Å². The number of thioether (sulfide) groups is 1. The highest BCUT2D eigenvalue weighted by molar-refractivity contribution is 7.98. The molecule has 0 unspecified atom stereocenters. The molecule has 0 aliphatic heterocycles. The molecule has 1 heterocycles. The molecule has 96 valence electrons. The minimum absolute atomic E-state index is 0.685. The third-order valence-electron chi connectivity index (χ3n) is 2.15. The summed E-state index contributed by atoms with van der Waals surface area (Å²) < 4.78 is 3.95. The Kier molecular flexibility index (Phi) is 5.12. The van der Waals surface area contributed by atoms with Gasteiger partial charge in [0.15, 0.2) is 0 Å². The van der Waals surface area contributed by atoms with Crippen molar-refractivity contribution < 1.29 is 0 Å².